The van der Waals surface area contributed by atoms with Crippen LogP contribution in [0.2, 0.25) is 0 Å². The summed E-state index contributed by atoms with van der Waals surface area (Å²) in [4.78, 5) is 22.1. The van der Waals surface area contributed by atoms with Gasteiger partial charge in [0.05, 0.1) is 6.61 Å². The molecule has 0 N–H and O–H groups in total. The quantitative estimate of drug-likeness (QED) is 0.497. The Morgan fingerprint density at radius 2 is 1.67 bits per heavy atom. The van der Waals surface area contributed by atoms with Gasteiger partial charge in [0.15, 0.2) is 0 Å². The van der Waals surface area contributed by atoms with E-state index < -0.39 is 21.2 Å². The van der Waals surface area contributed by atoms with E-state index >= 15 is 0 Å². The van der Waals surface area contributed by atoms with Gasteiger partial charge in [-0.05, 0) is 13.3 Å². The number of carbonyl (C=O) groups excluding carboxylic acids is 2. The molecular weight excluding hydrogens is 252 g/mol. The number of ether oxygens (including phenoxy) is 1. The lowest BCUT2D eigenvalue weighted by Gasteiger charge is -2.24. The standard InChI is InChI=1S/C12H22O5Si/c1-6-7-12(15-8-9(2)3)18(16-10(4)13)17-11(5)14/h12,18H,2,6-8H2,1,3-5H3. The summed E-state index contributed by atoms with van der Waals surface area (Å²) in [5, 5.41) is 0. The van der Waals surface area contributed by atoms with E-state index in [1.807, 2.05) is 13.8 Å². The zero-order chi connectivity index (χ0) is 14.1. The number of hydrogen-bond acceptors (Lipinski definition) is 5. The summed E-state index contributed by atoms with van der Waals surface area (Å²) in [7, 11) is -2.50. The van der Waals surface area contributed by atoms with Crippen LogP contribution in [-0.2, 0) is 23.2 Å². The van der Waals surface area contributed by atoms with Crippen LogP contribution in [0, 0.1) is 0 Å². The van der Waals surface area contributed by atoms with Crippen LogP contribution in [-0.4, -0.2) is 33.6 Å². The van der Waals surface area contributed by atoms with Gasteiger partial charge in [-0.25, -0.2) is 0 Å². The fraction of sp³-hybridized carbons (Fsp3) is 0.667. The molecule has 0 aromatic rings. The maximum atomic E-state index is 11.0. The van der Waals surface area contributed by atoms with Gasteiger partial charge < -0.3 is 13.6 Å². The molecule has 0 fully saturated rings. The van der Waals surface area contributed by atoms with E-state index in [1.165, 1.54) is 13.8 Å². The average molecular weight is 274 g/mol. The molecule has 0 aliphatic carbocycles. The van der Waals surface area contributed by atoms with E-state index in [0.29, 0.717) is 13.0 Å². The molecule has 0 bridgehead atoms. The average Bonchev–Trinajstić information content (AvgIpc) is 2.21. The van der Waals surface area contributed by atoms with E-state index in [2.05, 4.69) is 6.58 Å². The van der Waals surface area contributed by atoms with Crippen molar-refractivity contribution in [2.45, 2.75) is 46.3 Å². The molecule has 0 amide bonds. The van der Waals surface area contributed by atoms with Crippen molar-refractivity contribution in [3.63, 3.8) is 0 Å². The van der Waals surface area contributed by atoms with Gasteiger partial charge in [-0.1, -0.05) is 25.5 Å². The Labute approximate surface area is 110 Å². The van der Waals surface area contributed by atoms with E-state index in [-0.39, 0.29) is 5.73 Å². The fourth-order valence-corrected chi connectivity index (χ4v) is 3.20. The highest BCUT2D eigenvalue weighted by Crippen LogP contribution is 2.11. The van der Waals surface area contributed by atoms with Crippen LogP contribution in [0.1, 0.15) is 40.5 Å². The minimum atomic E-state index is -2.50. The molecule has 18 heavy (non-hydrogen) atoms. The molecule has 5 nitrogen and oxygen atoms in total. The zero-order valence-electron chi connectivity index (χ0n) is 11.5. The van der Waals surface area contributed by atoms with Crippen molar-refractivity contribution in [2.75, 3.05) is 6.61 Å². The lowest BCUT2D eigenvalue weighted by atomic mass is 10.3. The second kappa shape index (κ2) is 8.88. The lowest BCUT2D eigenvalue weighted by Crippen LogP contribution is -2.42. The summed E-state index contributed by atoms with van der Waals surface area (Å²) in [6.45, 7) is 10.5. The highest BCUT2D eigenvalue weighted by atomic mass is 28.3. The second-order valence-corrected chi connectivity index (χ2v) is 6.13. The minimum Gasteiger partial charge on any atom is -0.486 e. The molecule has 0 rings (SSSR count). The number of rotatable bonds is 8. The van der Waals surface area contributed by atoms with Crippen LogP contribution < -0.4 is 0 Å². The molecule has 0 saturated carbocycles. The van der Waals surface area contributed by atoms with Crippen LogP contribution in [0.15, 0.2) is 12.2 Å². The van der Waals surface area contributed by atoms with E-state index in [4.69, 9.17) is 13.6 Å². The third-order valence-corrected chi connectivity index (χ3v) is 4.25. The Morgan fingerprint density at radius 1 is 1.17 bits per heavy atom. The molecule has 1 unspecified atom stereocenters. The first-order valence-electron chi connectivity index (χ1n) is 5.97. The molecule has 0 aromatic carbocycles. The molecule has 0 saturated heterocycles. The van der Waals surface area contributed by atoms with Gasteiger partial charge >= 0.3 is 9.28 Å². The molecule has 0 aliphatic heterocycles. The largest absolute Gasteiger partial charge is 0.486 e. The maximum absolute atomic E-state index is 11.0. The summed E-state index contributed by atoms with van der Waals surface area (Å²) < 4.78 is 15.8. The number of hydrogen-bond donors (Lipinski definition) is 0. The molecule has 0 radical (unpaired) electrons. The summed E-state index contributed by atoms with van der Waals surface area (Å²) >= 11 is 0. The van der Waals surface area contributed by atoms with E-state index in [0.717, 1.165) is 12.0 Å². The smallest absolute Gasteiger partial charge is 0.478 e. The Balaban J connectivity index is 4.65. The van der Waals surface area contributed by atoms with Crippen molar-refractivity contribution in [1.82, 2.24) is 0 Å². The molecule has 0 heterocycles. The second-order valence-electron chi connectivity index (χ2n) is 4.18. The summed E-state index contributed by atoms with van der Waals surface area (Å²) in [5.41, 5.74) is 0.536. The Morgan fingerprint density at radius 3 is 2.00 bits per heavy atom. The van der Waals surface area contributed by atoms with Crippen molar-refractivity contribution >= 4 is 21.2 Å². The number of carbonyl (C=O) groups is 2. The first-order chi connectivity index (χ1) is 8.36. The van der Waals surface area contributed by atoms with Crippen molar-refractivity contribution in [2.24, 2.45) is 0 Å². The van der Waals surface area contributed by atoms with E-state index in [1.54, 1.807) is 0 Å². The van der Waals surface area contributed by atoms with Crippen LogP contribution in [0.3, 0.4) is 0 Å². The minimum absolute atomic E-state index is 0.334. The predicted molar refractivity (Wildman–Crippen MR) is 70.1 cm³/mol. The Bertz CT molecular complexity index is 287. The van der Waals surface area contributed by atoms with Gasteiger partial charge in [0, 0.05) is 13.8 Å². The summed E-state index contributed by atoms with van der Waals surface area (Å²) in [5.74, 6) is -0.902. The van der Waals surface area contributed by atoms with Gasteiger partial charge in [-0.15, -0.1) is 0 Å². The van der Waals surface area contributed by atoms with Crippen LogP contribution >= 0.6 is 0 Å². The van der Waals surface area contributed by atoms with Crippen LogP contribution in [0.4, 0.5) is 0 Å². The van der Waals surface area contributed by atoms with Gasteiger partial charge in [-0.3, -0.25) is 9.59 Å². The van der Waals surface area contributed by atoms with Gasteiger partial charge in [0.1, 0.15) is 5.73 Å². The molecule has 0 aromatic heterocycles. The van der Waals surface area contributed by atoms with Crippen molar-refractivity contribution in [3.8, 4) is 0 Å². The third-order valence-electron chi connectivity index (χ3n) is 1.98. The maximum Gasteiger partial charge on any atom is 0.478 e. The van der Waals surface area contributed by atoms with Gasteiger partial charge in [0.2, 0.25) is 0 Å². The summed E-state index contributed by atoms with van der Waals surface area (Å²) in [6.07, 6.45) is 1.54. The van der Waals surface area contributed by atoms with E-state index in [9.17, 15) is 9.59 Å². The highest BCUT2D eigenvalue weighted by molar-refractivity contribution is 6.50. The first kappa shape index (κ1) is 16.9. The Kier molecular flexibility index (Phi) is 8.31. The van der Waals surface area contributed by atoms with Gasteiger partial charge in [0.25, 0.3) is 11.9 Å². The third kappa shape index (κ3) is 8.02. The molecule has 0 spiro atoms. The van der Waals surface area contributed by atoms with Crippen LogP contribution in [0.25, 0.3) is 0 Å². The van der Waals surface area contributed by atoms with Gasteiger partial charge in [-0.2, -0.15) is 0 Å². The fourth-order valence-electron chi connectivity index (χ4n) is 1.33. The predicted octanol–water partition coefficient (Wildman–Crippen LogP) is 1.63. The molecule has 0 aliphatic rings. The molecule has 1 atom stereocenters. The monoisotopic (exact) mass is 274 g/mol. The topological polar surface area (TPSA) is 61.8 Å². The zero-order valence-corrected chi connectivity index (χ0v) is 12.7. The van der Waals surface area contributed by atoms with Crippen molar-refractivity contribution in [3.05, 3.63) is 12.2 Å². The molecule has 104 valence electrons. The Hall–Kier alpha value is -1.14. The van der Waals surface area contributed by atoms with Crippen LogP contribution in [0.5, 0.6) is 0 Å². The molecule has 6 heteroatoms. The molecular formula is C12H22O5Si. The normalized spacial score (nSPS) is 12.1. The summed E-state index contributed by atoms with van der Waals surface area (Å²) in [6, 6.07) is 0. The highest BCUT2D eigenvalue weighted by Gasteiger charge is 2.32. The van der Waals surface area contributed by atoms with Crippen molar-refractivity contribution < 1.29 is 23.2 Å². The lowest BCUT2D eigenvalue weighted by molar-refractivity contribution is -0.139. The first-order valence-corrected chi connectivity index (χ1v) is 7.58. The SMILES string of the molecule is C=C(C)COC(CCC)[SiH](OC(C)=O)OC(C)=O. The van der Waals surface area contributed by atoms with Crippen molar-refractivity contribution in [1.29, 1.82) is 0 Å².